The number of rotatable bonds is 5. The number of hydrogen-bond acceptors (Lipinski definition) is 3. The van der Waals surface area contributed by atoms with Crippen molar-refractivity contribution in [2.45, 2.75) is 12.5 Å². The Morgan fingerprint density at radius 3 is 2.29 bits per heavy atom. The molecule has 1 aromatic carbocycles. The van der Waals surface area contributed by atoms with E-state index in [4.69, 9.17) is 32.7 Å². The van der Waals surface area contributed by atoms with Gasteiger partial charge in [0.2, 0.25) is 0 Å². The first kappa shape index (κ1) is 15.9. The number of methoxy groups -OCH3 is 2. The average Bonchev–Trinajstić information content (AvgIpc) is 2.50. The van der Waals surface area contributed by atoms with Crippen molar-refractivity contribution < 1.29 is 19.6 Å². The van der Waals surface area contributed by atoms with E-state index >= 15 is 0 Å². The third kappa shape index (κ3) is 3.59. The Bertz CT molecular complexity index is 614. The molecule has 4 nitrogen and oxygen atoms in total. The maximum Gasteiger partial charge on any atom is 0.186 e. The Morgan fingerprint density at radius 1 is 1.10 bits per heavy atom. The van der Waals surface area contributed by atoms with E-state index in [1.54, 1.807) is 44.8 Å². The fourth-order valence-corrected chi connectivity index (χ4v) is 2.57. The van der Waals surface area contributed by atoms with Crippen LogP contribution < -0.4 is 14.5 Å². The zero-order valence-electron chi connectivity index (χ0n) is 11.7. The van der Waals surface area contributed by atoms with Gasteiger partial charge in [-0.3, -0.25) is 0 Å². The Kier molecular flexibility index (Phi) is 5.28. The number of halogens is 2. The lowest BCUT2D eigenvalue weighted by Crippen LogP contribution is -2.07. The van der Waals surface area contributed by atoms with Crippen molar-refractivity contribution >= 4 is 23.2 Å². The van der Waals surface area contributed by atoms with Gasteiger partial charge in [-0.1, -0.05) is 29.3 Å². The van der Waals surface area contributed by atoms with Crippen LogP contribution >= 0.6 is 23.2 Å². The van der Waals surface area contributed by atoms with Crippen molar-refractivity contribution in [1.82, 2.24) is 0 Å². The van der Waals surface area contributed by atoms with Gasteiger partial charge in [-0.05, 0) is 17.7 Å². The summed E-state index contributed by atoms with van der Waals surface area (Å²) in [6.45, 7) is 0. The lowest BCUT2D eigenvalue weighted by Gasteiger charge is -2.15. The van der Waals surface area contributed by atoms with Gasteiger partial charge in [-0.25, -0.2) is 4.98 Å². The second-order valence-electron chi connectivity index (χ2n) is 4.46. The second kappa shape index (κ2) is 6.98. The number of aliphatic hydroxyl groups is 1. The number of ether oxygens (including phenoxy) is 2. The third-order valence-electron chi connectivity index (χ3n) is 3.19. The topological polar surface area (TPSA) is 52.8 Å². The Morgan fingerprint density at radius 2 is 1.71 bits per heavy atom. The molecule has 1 aromatic heterocycles. The standard InChI is InChI=1S/C15H15Cl2NO3/c1-20-14-4-3-9(5-15(14)21-2)13(19)6-10-11(16)7-18-8-12(10)17/h3-5,7-8,13,19H,6H2,1-2H3/p+1/t13-/m1/s1. The molecule has 0 saturated heterocycles. The highest BCUT2D eigenvalue weighted by atomic mass is 35.5. The number of H-pyrrole nitrogens is 1. The van der Waals surface area contributed by atoms with E-state index < -0.39 is 6.10 Å². The molecule has 112 valence electrons. The van der Waals surface area contributed by atoms with E-state index in [0.29, 0.717) is 39.1 Å². The summed E-state index contributed by atoms with van der Waals surface area (Å²) in [6, 6.07) is 5.27. The maximum absolute atomic E-state index is 10.4. The minimum atomic E-state index is -0.748. The molecule has 0 aliphatic rings. The fourth-order valence-electron chi connectivity index (χ4n) is 2.04. The molecule has 2 rings (SSSR count). The maximum atomic E-state index is 10.4. The number of aromatic amines is 1. The second-order valence-corrected chi connectivity index (χ2v) is 5.28. The first-order valence-corrected chi connectivity index (χ1v) is 7.06. The fraction of sp³-hybridized carbons (Fsp3) is 0.267. The lowest BCUT2D eigenvalue weighted by molar-refractivity contribution is -0.377. The first-order chi connectivity index (χ1) is 10.1. The number of aliphatic hydroxyl groups excluding tert-OH is 1. The van der Waals surface area contributed by atoms with Crippen LogP contribution in [0.1, 0.15) is 17.2 Å². The normalized spacial score (nSPS) is 12.0. The van der Waals surface area contributed by atoms with E-state index in [9.17, 15) is 5.11 Å². The SMILES string of the molecule is COc1ccc([C@H](O)Cc2c(Cl)c[nH+]cc2Cl)cc1OC. The van der Waals surface area contributed by atoms with Crippen molar-refractivity contribution in [2.24, 2.45) is 0 Å². The summed E-state index contributed by atoms with van der Waals surface area (Å²) in [6.07, 6.45) is 2.82. The smallest absolute Gasteiger partial charge is 0.186 e. The van der Waals surface area contributed by atoms with Crippen LogP contribution in [0.2, 0.25) is 10.0 Å². The number of aromatic nitrogens is 1. The molecule has 0 fully saturated rings. The Hall–Kier alpha value is -1.49. The van der Waals surface area contributed by atoms with Crippen LogP contribution in [0, 0.1) is 0 Å². The minimum absolute atomic E-state index is 0.307. The van der Waals surface area contributed by atoms with Crippen LogP contribution in [-0.2, 0) is 6.42 Å². The lowest BCUT2D eigenvalue weighted by atomic mass is 10.0. The zero-order valence-corrected chi connectivity index (χ0v) is 13.2. The molecule has 0 amide bonds. The Balaban J connectivity index is 2.26. The average molecular weight is 329 g/mol. The van der Waals surface area contributed by atoms with E-state index in [2.05, 4.69) is 4.98 Å². The summed E-state index contributed by atoms with van der Waals surface area (Å²) in [7, 11) is 3.11. The Labute approximate surface area is 133 Å². The molecular formula is C15H16Cl2NO3+. The predicted octanol–water partition coefficient (Wildman–Crippen LogP) is 3.10. The van der Waals surface area contributed by atoms with Crippen molar-refractivity contribution in [3.8, 4) is 11.5 Å². The number of pyridine rings is 1. The highest BCUT2D eigenvalue weighted by Gasteiger charge is 2.17. The van der Waals surface area contributed by atoms with Gasteiger partial charge >= 0.3 is 0 Å². The molecule has 1 atom stereocenters. The molecule has 0 spiro atoms. The van der Waals surface area contributed by atoms with E-state index in [0.717, 1.165) is 0 Å². The van der Waals surface area contributed by atoms with Gasteiger partial charge < -0.3 is 14.6 Å². The van der Waals surface area contributed by atoms with Gasteiger partial charge in [0.15, 0.2) is 23.9 Å². The van der Waals surface area contributed by atoms with Crippen LogP contribution in [0.3, 0.4) is 0 Å². The molecule has 21 heavy (non-hydrogen) atoms. The number of benzene rings is 1. The molecule has 0 radical (unpaired) electrons. The predicted molar refractivity (Wildman–Crippen MR) is 81.2 cm³/mol. The minimum Gasteiger partial charge on any atom is -0.493 e. The molecule has 2 aromatic rings. The third-order valence-corrected chi connectivity index (χ3v) is 3.86. The van der Waals surface area contributed by atoms with Crippen LogP contribution in [0.4, 0.5) is 0 Å². The van der Waals surface area contributed by atoms with Gasteiger partial charge in [0.25, 0.3) is 0 Å². The molecule has 1 heterocycles. The zero-order chi connectivity index (χ0) is 15.4. The molecule has 6 heteroatoms. The molecule has 0 saturated carbocycles. The summed E-state index contributed by atoms with van der Waals surface area (Å²) in [4.78, 5) is 2.83. The quantitative estimate of drug-likeness (QED) is 0.917. The van der Waals surface area contributed by atoms with Crippen molar-refractivity contribution in [3.63, 3.8) is 0 Å². The monoisotopic (exact) mass is 328 g/mol. The van der Waals surface area contributed by atoms with Crippen LogP contribution in [-0.4, -0.2) is 19.3 Å². The molecule has 0 aliphatic carbocycles. The summed E-state index contributed by atoms with van der Waals surface area (Å²) in [5.74, 6) is 1.17. The summed E-state index contributed by atoms with van der Waals surface area (Å²) in [5, 5.41) is 11.4. The van der Waals surface area contributed by atoms with Crippen LogP contribution in [0.5, 0.6) is 11.5 Å². The van der Waals surface area contributed by atoms with Gasteiger partial charge in [0.05, 0.1) is 20.3 Å². The highest BCUT2D eigenvalue weighted by molar-refractivity contribution is 6.35. The van der Waals surface area contributed by atoms with Gasteiger partial charge in [0.1, 0.15) is 10.0 Å². The van der Waals surface area contributed by atoms with Crippen LogP contribution in [0.15, 0.2) is 30.6 Å². The summed E-state index contributed by atoms with van der Waals surface area (Å²) in [5.41, 5.74) is 1.40. The molecule has 0 unspecified atom stereocenters. The van der Waals surface area contributed by atoms with Crippen molar-refractivity contribution in [3.05, 3.63) is 51.8 Å². The van der Waals surface area contributed by atoms with E-state index in [1.807, 2.05) is 0 Å². The molecular weight excluding hydrogens is 313 g/mol. The highest BCUT2D eigenvalue weighted by Crippen LogP contribution is 2.32. The van der Waals surface area contributed by atoms with Gasteiger partial charge in [-0.2, -0.15) is 0 Å². The number of nitrogens with one attached hydrogen (secondary N) is 1. The molecule has 0 aliphatic heterocycles. The molecule has 2 N–H and O–H groups in total. The first-order valence-electron chi connectivity index (χ1n) is 6.30. The van der Waals surface area contributed by atoms with E-state index in [-0.39, 0.29) is 0 Å². The van der Waals surface area contributed by atoms with Gasteiger partial charge in [0, 0.05) is 12.0 Å². The summed E-state index contributed by atoms with van der Waals surface area (Å²) < 4.78 is 10.4. The largest absolute Gasteiger partial charge is 0.493 e. The van der Waals surface area contributed by atoms with Crippen LogP contribution in [0.25, 0.3) is 0 Å². The van der Waals surface area contributed by atoms with E-state index in [1.165, 1.54) is 0 Å². The van der Waals surface area contributed by atoms with Crippen molar-refractivity contribution in [1.29, 1.82) is 0 Å². The molecule has 0 bridgehead atoms. The number of hydrogen-bond donors (Lipinski definition) is 1. The van der Waals surface area contributed by atoms with Crippen molar-refractivity contribution in [2.75, 3.05) is 14.2 Å². The van der Waals surface area contributed by atoms with Gasteiger partial charge in [-0.15, -0.1) is 0 Å². The summed E-state index contributed by atoms with van der Waals surface area (Å²) >= 11 is 12.2.